The number of methoxy groups -OCH3 is 3. The van der Waals surface area contributed by atoms with Gasteiger partial charge in [-0.1, -0.05) is 6.07 Å². The average molecular weight is 582 g/mol. The third-order valence-electron chi connectivity index (χ3n) is 7.85. The van der Waals surface area contributed by atoms with E-state index in [2.05, 4.69) is 35.2 Å². The van der Waals surface area contributed by atoms with Gasteiger partial charge < -0.3 is 24.4 Å². The number of nitrogens with zero attached hydrogens (tertiary/aromatic N) is 1. The molecule has 2 heterocycles. The number of carboxylic acid groups (broad SMARTS) is 1. The molecule has 6 rings (SSSR count). The number of aromatic carboxylic acids is 1. The number of aromatic hydroxyl groups is 1. The van der Waals surface area contributed by atoms with Gasteiger partial charge in [-0.25, -0.2) is 4.79 Å². The summed E-state index contributed by atoms with van der Waals surface area (Å²) in [6.45, 7) is 2.25. The van der Waals surface area contributed by atoms with Crippen molar-refractivity contribution in [2.45, 2.75) is 36.7 Å². The van der Waals surface area contributed by atoms with Crippen LogP contribution in [0.5, 0.6) is 23.0 Å². The third kappa shape index (κ3) is 5.35. The summed E-state index contributed by atoms with van der Waals surface area (Å²) in [5.41, 5.74) is 2.36. The molecular weight excluding hydrogens is 550 g/mol. The maximum atomic E-state index is 10.6. The van der Waals surface area contributed by atoms with Gasteiger partial charge in [0.25, 0.3) is 10.1 Å². The Kier molecular flexibility index (Phi) is 7.69. The SMILES string of the molecule is COc1ccc2c3c(c4cc(OC)c(OC)cc4c2c1)CC1CCCN1C3.O=C(O)c1cc(S(=O)(=O)O)ccc1O. The van der Waals surface area contributed by atoms with E-state index in [4.69, 9.17) is 29.0 Å². The Morgan fingerprint density at radius 2 is 1.56 bits per heavy atom. The topological polar surface area (TPSA) is 143 Å². The first-order valence-corrected chi connectivity index (χ1v) is 14.4. The maximum absolute atomic E-state index is 10.6. The van der Waals surface area contributed by atoms with Crippen LogP contribution in [0.2, 0.25) is 0 Å². The number of fused-ring (bicyclic) bond motifs is 7. The first kappa shape index (κ1) is 28.5. The molecule has 1 fully saturated rings. The highest BCUT2D eigenvalue weighted by molar-refractivity contribution is 7.85. The Bertz CT molecular complexity index is 1770. The van der Waals surface area contributed by atoms with E-state index >= 15 is 0 Å². The van der Waals surface area contributed by atoms with Crippen LogP contribution in [0.4, 0.5) is 0 Å². The highest BCUT2D eigenvalue weighted by Crippen LogP contribution is 2.44. The molecule has 11 heteroatoms. The van der Waals surface area contributed by atoms with Crippen LogP contribution in [-0.2, 0) is 23.1 Å². The van der Waals surface area contributed by atoms with E-state index in [-0.39, 0.29) is 0 Å². The number of carbonyl (C=O) groups is 1. The first-order chi connectivity index (χ1) is 19.5. The van der Waals surface area contributed by atoms with Gasteiger partial charge in [0, 0.05) is 12.6 Å². The largest absolute Gasteiger partial charge is 0.507 e. The quantitative estimate of drug-likeness (QED) is 0.220. The molecule has 0 aliphatic carbocycles. The van der Waals surface area contributed by atoms with Crippen molar-refractivity contribution in [3.8, 4) is 23.0 Å². The lowest BCUT2D eigenvalue weighted by Gasteiger charge is -2.33. The number of benzene rings is 4. The molecule has 3 N–H and O–H groups in total. The molecule has 0 spiro atoms. The van der Waals surface area contributed by atoms with Crippen LogP contribution in [0.3, 0.4) is 0 Å². The van der Waals surface area contributed by atoms with E-state index in [1.54, 1.807) is 21.3 Å². The van der Waals surface area contributed by atoms with E-state index < -0.39 is 32.3 Å². The number of rotatable bonds is 5. The van der Waals surface area contributed by atoms with Gasteiger partial charge in [-0.15, -0.1) is 0 Å². The molecule has 1 unspecified atom stereocenters. The smallest absolute Gasteiger partial charge is 0.339 e. The Labute approximate surface area is 237 Å². The molecular formula is C30H31NO9S. The van der Waals surface area contributed by atoms with Crippen molar-refractivity contribution >= 4 is 37.6 Å². The predicted molar refractivity (Wildman–Crippen MR) is 153 cm³/mol. The summed E-state index contributed by atoms with van der Waals surface area (Å²) in [4.78, 5) is 12.5. The lowest BCUT2D eigenvalue weighted by atomic mass is 9.85. The van der Waals surface area contributed by atoms with Crippen molar-refractivity contribution in [2.75, 3.05) is 27.9 Å². The molecule has 10 nitrogen and oxygen atoms in total. The molecule has 0 aromatic heterocycles. The van der Waals surface area contributed by atoms with Crippen molar-refractivity contribution in [1.82, 2.24) is 4.90 Å². The van der Waals surface area contributed by atoms with Gasteiger partial charge in [-0.2, -0.15) is 8.42 Å². The molecule has 4 aromatic carbocycles. The zero-order valence-electron chi connectivity index (χ0n) is 22.9. The van der Waals surface area contributed by atoms with Crippen molar-refractivity contribution in [1.29, 1.82) is 0 Å². The van der Waals surface area contributed by atoms with Crippen LogP contribution in [0, 0.1) is 0 Å². The molecule has 41 heavy (non-hydrogen) atoms. The summed E-state index contributed by atoms with van der Waals surface area (Å²) in [7, 11) is 0.675. The minimum atomic E-state index is -4.45. The van der Waals surface area contributed by atoms with Gasteiger partial charge in [0.05, 0.1) is 26.2 Å². The van der Waals surface area contributed by atoms with Crippen molar-refractivity contribution in [3.05, 3.63) is 65.2 Å². The van der Waals surface area contributed by atoms with Crippen LogP contribution < -0.4 is 14.2 Å². The maximum Gasteiger partial charge on any atom is 0.339 e. The molecule has 1 saturated heterocycles. The number of carboxylic acids is 1. The van der Waals surface area contributed by atoms with Crippen molar-refractivity contribution in [2.24, 2.45) is 0 Å². The average Bonchev–Trinajstić information content (AvgIpc) is 3.42. The van der Waals surface area contributed by atoms with Crippen LogP contribution in [0.25, 0.3) is 21.5 Å². The summed E-state index contributed by atoms with van der Waals surface area (Å²) in [6, 6.07) is 13.9. The van der Waals surface area contributed by atoms with E-state index in [0.717, 1.165) is 42.3 Å². The zero-order valence-corrected chi connectivity index (χ0v) is 23.7. The monoisotopic (exact) mass is 581 g/mol. The molecule has 2 aliphatic heterocycles. The molecule has 1 atom stereocenters. The van der Waals surface area contributed by atoms with Gasteiger partial charge in [0.15, 0.2) is 11.5 Å². The minimum absolute atomic E-state index is 0.565. The van der Waals surface area contributed by atoms with E-state index in [9.17, 15) is 13.2 Å². The normalized spacial score (nSPS) is 16.4. The number of hydrogen-bond acceptors (Lipinski definition) is 8. The van der Waals surface area contributed by atoms with Gasteiger partial charge in [0.1, 0.15) is 17.1 Å². The Morgan fingerprint density at radius 1 is 0.878 bits per heavy atom. The summed E-state index contributed by atoms with van der Waals surface area (Å²) in [6.07, 6.45) is 3.72. The second-order valence-electron chi connectivity index (χ2n) is 10.1. The molecule has 0 amide bonds. The second-order valence-corrected chi connectivity index (χ2v) is 11.5. The lowest BCUT2D eigenvalue weighted by Crippen LogP contribution is -2.35. The molecule has 4 aromatic rings. The van der Waals surface area contributed by atoms with E-state index in [1.807, 2.05) is 0 Å². The van der Waals surface area contributed by atoms with Gasteiger partial charge in [-0.05, 0) is 101 Å². The second kappa shape index (κ2) is 11.1. The first-order valence-electron chi connectivity index (χ1n) is 13.0. The van der Waals surface area contributed by atoms with Gasteiger partial charge in [0.2, 0.25) is 0 Å². The van der Waals surface area contributed by atoms with Crippen LogP contribution >= 0.6 is 0 Å². The predicted octanol–water partition coefficient (Wildman–Crippen LogP) is 4.88. The fraction of sp³-hybridized carbons (Fsp3) is 0.300. The summed E-state index contributed by atoms with van der Waals surface area (Å²) >= 11 is 0. The molecule has 0 radical (unpaired) electrons. The Hall–Kier alpha value is -4.06. The number of ether oxygens (including phenoxy) is 3. The minimum Gasteiger partial charge on any atom is -0.507 e. The fourth-order valence-electron chi connectivity index (χ4n) is 5.85. The molecule has 216 valence electrons. The van der Waals surface area contributed by atoms with E-state index in [1.165, 1.54) is 52.1 Å². The standard InChI is InChI=1S/C23H25NO3.C7H6O6S/c1-25-15-6-7-16-18(10-15)20-12-23(27-3)22(26-2)11-19(20)17-9-14-5-4-8-24(14)13-21(16)17;8-6-2-1-4(14(11,12)13)3-5(6)7(9)10/h6-7,10-12,14H,4-5,8-9,13H2,1-3H3;1-3,8H,(H,9,10)(H,11,12,13). The summed E-state index contributed by atoms with van der Waals surface area (Å²) < 4.78 is 46.5. The van der Waals surface area contributed by atoms with Crippen LogP contribution in [0.15, 0.2) is 53.4 Å². The molecule has 0 bridgehead atoms. The Morgan fingerprint density at radius 3 is 2.20 bits per heavy atom. The van der Waals surface area contributed by atoms with Crippen molar-refractivity contribution < 1.29 is 42.2 Å². The Balaban J connectivity index is 0.000000205. The summed E-state index contributed by atoms with van der Waals surface area (Å²) in [5, 5.41) is 22.6. The van der Waals surface area contributed by atoms with Crippen LogP contribution in [-0.4, -0.2) is 68.0 Å². The van der Waals surface area contributed by atoms with E-state index in [0.29, 0.717) is 12.1 Å². The van der Waals surface area contributed by atoms with Crippen molar-refractivity contribution in [3.63, 3.8) is 0 Å². The lowest BCUT2D eigenvalue weighted by molar-refractivity contribution is 0.0693. The highest BCUT2D eigenvalue weighted by Gasteiger charge is 2.32. The molecule has 2 aliphatic rings. The van der Waals surface area contributed by atoms with Gasteiger partial charge >= 0.3 is 5.97 Å². The summed E-state index contributed by atoms with van der Waals surface area (Å²) in [5.74, 6) is 0.405. The fourth-order valence-corrected chi connectivity index (χ4v) is 6.35. The zero-order chi connectivity index (χ0) is 29.5. The number of phenols is 1. The number of hydrogen-bond donors (Lipinski definition) is 3. The highest BCUT2D eigenvalue weighted by atomic mass is 32.2. The van der Waals surface area contributed by atoms with Crippen LogP contribution in [0.1, 0.15) is 34.3 Å². The van der Waals surface area contributed by atoms with Gasteiger partial charge in [-0.3, -0.25) is 9.45 Å². The molecule has 0 saturated carbocycles. The third-order valence-corrected chi connectivity index (χ3v) is 8.70.